The molecule has 0 bridgehead atoms. The smallest absolute Gasteiger partial charge is 0.305 e. The summed E-state index contributed by atoms with van der Waals surface area (Å²) in [6, 6.07) is 3.45. The summed E-state index contributed by atoms with van der Waals surface area (Å²) < 4.78 is 61.0. The summed E-state index contributed by atoms with van der Waals surface area (Å²) in [5.74, 6) is -0.857. The number of anilines is 1. The average molecular weight is 319 g/mol. The molecule has 0 radical (unpaired) electrons. The third-order valence-corrected chi connectivity index (χ3v) is 4.41. The molecule has 1 aromatic carbocycles. The van der Waals surface area contributed by atoms with Gasteiger partial charge in [-0.15, -0.1) is 0 Å². The summed E-state index contributed by atoms with van der Waals surface area (Å²) in [4.78, 5) is 12.8. The SMILES string of the molecule is CC(=O)N(c1cccc(C(F)(F)F)c1)C1C=CS(=O)(=O)C1. The van der Waals surface area contributed by atoms with E-state index in [0.29, 0.717) is 0 Å². The van der Waals surface area contributed by atoms with Crippen molar-refractivity contribution in [2.24, 2.45) is 0 Å². The number of hydrogen-bond acceptors (Lipinski definition) is 3. The predicted octanol–water partition coefficient (Wildman–Crippen LogP) is 2.37. The minimum atomic E-state index is -4.53. The Labute approximate surface area is 119 Å². The number of carbonyl (C=O) groups is 1. The Balaban J connectivity index is 2.41. The molecule has 1 unspecified atom stereocenters. The van der Waals surface area contributed by atoms with Crippen LogP contribution in [-0.2, 0) is 20.8 Å². The maximum atomic E-state index is 12.7. The number of rotatable bonds is 2. The Hall–Kier alpha value is -1.83. The normalized spacial score (nSPS) is 20.5. The molecular weight excluding hydrogens is 307 g/mol. The molecule has 0 saturated carbocycles. The molecule has 1 heterocycles. The second-order valence-electron chi connectivity index (χ2n) is 4.66. The molecule has 1 atom stereocenters. The van der Waals surface area contributed by atoms with Crippen molar-refractivity contribution in [1.82, 2.24) is 0 Å². The minimum Gasteiger partial charge on any atom is -0.305 e. The lowest BCUT2D eigenvalue weighted by molar-refractivity contribution is -0.137. The van der Waals surface area contributed by atoms with Crippen molar-refractivity contribution in [1.29, 1.82) is 0 Å². The number of sulfone groups is 1. The topological polar surface area (TPSA) is 54.5 Å². The molecular formula is C13H12F3NO3S. The van der Waals surface area contributed by atoms with Gasteiger partial charge in [0, 0.05) is 18.0 Å². The second kappa shape index (κ2) is 5.18. The first-order chi connectivity index (χ1) is 9.60. The lowest BCUT2D eigenvalue weighted by Crippen LogP contribution is -2.39. The maximum absolute atomic E-state index is 12.7. The third kappa shape index (κ3) is 3.44. The summed E-state index contributed by atoms with van der Waals surface area (Å²) in [5, 5.41) is 0.973. The monoisotopic (exact) mass is 319 g/mol. The molecule has 0 aromatic heterocycles. The van der Waals surface area contributed by atoms with Crippen LogP contribution in [0, 0.1) is 0 Å². The molecule has 0 saturated heterocycles. The van der Waals surface area contributed by atoms with E-state index in [4.69, 9.17) is 0 Å². The summed E-state index contributed by atoms with van der Waals surface area (Å²) in [6.07, 6.45) is -3.23. The quantitative estimate of drug-likeness (QED) is 0.841. The first-order valence-electron chi connectivity index (χ1n) is 5.98. The highest BCUT2D eigenvalue weighted by molar-refractivity contribution is 7.94. The van der Waals surface area contributed by atoms with E-state index in [2.05, 4.69) is 0 Å². The fourth-order valence-electron chi connectivity index (χ4n) is 2.16. The van der Waals surface area contributed by atoms with E-state index in [9.17, 15) is 26.4 Å². The zero-order chi connectivity index (χ0) is 15.8. The first-order valence-corrected chi connectivity index (χ1v) is 7.70. The Morgan fingerprint density at radius 3 is 2.48 bits per heavy atom. The maximum Gasteiger partial charge on any atom is 0.416 e. The van der Waals surface area contributed by atoms with Gasteiger partial charge in [0.15, 0.2) is 9.84 Å². The van der Waals surface area contributed by atoms with Crippen LogP contribution in [0.25, 0.3) is 0 Å². The van der Waals surface area contributed by atoms with Crippen molar-refractivity contribution in [3.63, 3.8) is 0 Å². The van der Waals surface area contributed by atoms with Gasteiger partial charge in [-0.1, -0.05) is 6.07 Å². The van der Waals surface area contributed by atoms with Gasteiger partial charge in [0.1, 0.15) is 0 Å². The molecule has 0 fully saturated rings. The van der Waals surface area contributed by atoms with Crippen molar-refractivity contribution in [2.75, 3.05) is 10.7 Å². The van der Waals surface area contributed by atoms with Crippen molar-refractivity contribution in [3.8, 4) is 0 Å². The number of carbonyl (C=O) groups excluding carboxylic acids is 1. The first kappa shape index (κ1) is 15.6. The highest BCUT2D eigenvalue weighted by atomic mass is 32.2. The van der Waals surface area contributed by atoms with Gasteiger partial charge < -0.3 is 4.90 Å². The Kier molecular flexibility index (Phi) is 3.83. The van der Waals surface area contributed by atoms with Crippen LogP contribution < -0.4 is 4.90 Å². The van der Waals surface area contributed by atoms with Crippen LogP contribution >= 0.6 is 0 Å². The van der Waals surface area contributed by atoms with Gasteiger partial charge in [0.25, 0.3) is 0 Å². The third-order valence-electron chi connectivity index (χ3n) is 3.03. The average Bonchev–Trinajstić information content (AvgIpc) is 2.68. The molecule has 8 heteroatoms. The molecule has 0 spiro atoms. The van der Waals surface area contributed by atoms with Gasteiger partial charge in [-0.25, -0.2) is 8.42 Å². The molecule has 21 heavy (non-hydrogen) atoms. The van der Waals surface area contributed by atoms with E-state index in [1.54, 1.807) is 0 Å². The number of alkyl halides is 3. The summed E-state index contributed by atoms with van der Waals surface area (Å²) in [7, 11) is -3.42. The lowest BCUT2D eigenvalue weighted by atomic mass is 10.1. The highest BCUT2D eigenvalue weighted by Crippen LogP contribution is 2.32. The van der Waals surface area contributed by atoms with Gasteiger partial charge >= 0.3 is 6.18 Å². The zero-order valence-corrected chi connectivity index (χ0v) is 11.8. The van der Waals surface area contributed by atoms with Crippen LogP contribution in [0.1, 0.15) is 12.5 Å². The molecule has 1 aromatic rings. The molecule has 2 rings (SSSR count). The van der Waals surface area contributed by atoms with E-state index in [0.717, 1.165) is 22.4 Å². The van der Waals surface area contributed by atoms with Crippen LogP contribution in [0.2, 0.25) is 0 Å². The standard InChI is InChI=1S/C13H12F3NO3S/c1-9(18)17(12-5-6-21(19,20)8-12)11-4-2-3-10(7-11)13(14,15)16/h2-7,12H,8H2,1H3. The number of hydrogen-bond donors (Lipinski definition) is 0. The second-order valence-corrected chi connectivity index (χ2v) is 6.59. The van der Waals surface area contributed by atoms with Crippen molar-refractivity contribution >= 4 is 21.4 Å². The minimum absolute atomic E-state index is 0.0177. The molecule has 114 valence electrons. The number of nitrogens with zero attached hydrogens (tertiary/aromatic N) is 1. The Morgan fingerprint density at radius 2 is 2.00 bits per heavy atom. The van der Waals surface area contributed by atoms with Crippen LogP contribution in [0.3, 0.4) is 0 Å². The van der Waals surface area contributed by atoms with Gasteiger partial charge in [-0.3, -0.25) is 4.79 Å². The van der Waals surface area contributed by atoms with Crippen LogP contribution in [0.15, 0.2) is 35.7 Å². The molecule has 0 N–H and O–H groups in total. The molecule has 1 aliphatic rings. The predicted molar refractivity (Wildman–Crippen MR) is 71.3 cm³/mol. The molecule has 4 nitrogen and oxygen atoms in total. The highest BCUT2D eigenvalue weighted by Gasteiger charge is 2.33. The van der Waals surface area contributed by atoms with Gasteiger partial charge in [0.2, 0.25) is 5.91 Å². The van der Waals surface area contributed by atoms with E-state index in [-0.39, 0.29) is 11.4 Å². The lowest BCUT2D eigenvalue weighted by Gasteiger charge is -2.27. The van der Waals surface area contributed by atoms with Gasteiger partial charge in [0.05, 0.1) is 17.4 Å². The number of amides is 1. The number of halogens is 3. The zero-order valence-electron chi connectivity index (χ0n) is 11.0. The van der Waals surface area contributed by atoms with Crippen molar-refractivity contribution < 1.29 is 26.4 Å². The summed E-state index contributed by atoms with van der Waals surface area (Å²) in [5.41, 5.74) is -0.875. The van der Waals surface area contributed by atoms with Crippen LogP contribution in [0.5, 0.6) is 0 Å². The fourth-order valence-corrected chi connectivity index (χ4v) is 3.43. The number of benzene rings is 1. The molecule has 1 aliphatic heterocycles. The van der Waals surface area contributed by atoms with Gasteiger partial charge in [-0.2, -0.15) is 13.2 Å². The Morgan fingerprint density at radius 1 is 1.33 bits per heavy atom. The summed E-state index contributed by atoms with van der Waals surface area (Å²) >= 11 is 0. The molecule has 1 amide bonds. The van der Waals surface area contributed by atoms with Crippen molar-refractivity contribution in [2.45, 2.75) is 19.1 Å². The van der Waals surface area contributed by atoms with Crippen LogP contribution in [0.4, 0.5) is 18.9 Å². The van der Waals surface area contributed by atoms with Gasteiger partial charge in [-0.05, 0) is 24.3 Å². The largest absolute Gasteiger partial charge is 0.416 e. The van der Waals surface area contributed by atoms with E-state index in [1.165, 1.54) is 25.1 Å². The molecule has 0 aliphatic carbocycles. The van der Waals surface area contributed by atoms with E-state index < -0.39 is 33.5 Å². The summed E-state index contributed by atoms with van der Waals surface area (Å²) in [6.45, 7) is 1.18. The van der Waals surface area contributed by atoms with Crippen molar-refractivity contribution in [3.05, 3.63) is 41.3 Å². The van der Waals surface area contributed by atoms with E-state index in [1.807, 2.05) is 0 Å². The fraction of sp³-hybridized carbons (Fsp3) is 0.308. The Bertz CT molecular complexity index is 695. The van der Waals surface area contributed by atoms with E-state index >= 15 is 0 Å². The van der Waals surface area contributed by atoms with Crippen LogP contribution in [-0.4, -0.2) is 26.1 Å².